The minimum absolute atomic E-state index is 0.776. The van der Waals surface area contributed by atoms with Gasteiger partial charge in [0.05, 0.1) is 17.1 Å². The van der Waals surface area contributed by atoms with Crippen molar-refractivity contribution in [3.8, 4) is 0 Å². The van der Waals surface area contributed by atoms with E-state index in [0.717, 1.165) is 62.1 Å². The Labute approximate surface area is 191 Å². The van der Waals surface area contributed by atoms with Crippen molar-refractivity contribution >= 4 is 5.71 Å². The summed E-state index contributed by atoms with van der Waals surface area (Å²) in [5.41, 5.74) is 4.24. The average molecular weight is 429 g/mol. The van der Waals surface area contributed by atoms with Gasteiger partial charge in [-0.15, -0.1) is 0 Å². The first-order valence-corrected chi connectivity index (χ1v) is 11.0. The summed E-state index contributed by atoms with van der Waals surface area (Å²) < 4.78 is 0. The van der Waals surface area contributed by atoms with E-state index < -0.39 is 0 Å². The summed E-state index contributed by atoms with van der Waals surface area (Å²) in [5, 5.41) is 0. The molecule has 0 saturated heterocycles. The van der Waals surface area contributed by atoms with Crippen LogP contribution in [0, 0.1) is 0 Å². The van der Waals surface area contributed by atoms with Gasteiger partial charge in [-0.1, -0.05) is 24.3 Å². The molecule has 0 atom stereocenters. The molecule has 0 amide bonds. The van der Waals surface area contributed by atoms with Crippen LogP contribution in [0.3, 0.4) is 0 Å². The van der Waals surface area contributed by atoms with Gasteiger partial charge >= 0.3 is 0 Å². The van der Waals surface area contributed by atoms with Crippen LogP contribution in [0.15, 0.2) is 90.3 Å². The van der Waals surface area contributed by atoms with Crippen LogP contribution in [0.1, 0.15) is 24.0 Å². The molecule has 3 rings (SSSR count). The van der Waals surface area contributed by atoms with Crippen LogP contribution in [-0.2, 0) is 19.6 Å². The fraction of sp³-hybridized carbons (Fsp3) is 0.308. The summed E-state index contributed by atoms with van der Waals surface area (Å²) in [6, 6.07) is 18.2. The van der Waals surface area contributed by atoms with E-state index in [1.54, 1.807) is 0 Å². The molecule has 0 aliphatic rings. The Kier molecular flexibility index (Phi) is 9.71. The van der Waals surface area contributed by atoms with Crippen molar-refractivity contribution in [3.63, 3.8) is 0 Å². The van der Waals surface area contributed by atoms with E-state index in [2.05, 4.69) is 54.0 Å². The van der Waals surface area contributed by atoms with Crippen LogP contribution in [0.2, 0.25) is 0 Å². The highest BCUT2D eigenvalue weighted by atomic mass is 15.2. The molecule has 3 aromatic heterocycles. The second-order valence-corrected chi connectivity index (χ2v) is 7.60. The summed E-state index contributed by atoms with van der Waals surface area (Å²) in [7, 11) is 1.85. The molecule has 0 radical (unpaired) electrons. The number of rotatable bonds is 12. The van der Waals surface area contributed by atoms with Crippen LogP contribution >= 0.6 is 0 Å². The molecule has 0 aromatic carbocycles. The van der Waals surface area contributed by atoms with Gasteiger partial charge in [0.15, 0.2) is 0 Å². The highest BCUT2D eigenvalue weighted by Crippen LogP contribution is 2.09. The molecule has 0 saturated carbocycles. The van der Waals surface area contributed by atoms with Crippen LogP contribution < -0.4 is 0 Å². The van der Waals surface area contributed by atoms with Gasteiger partial charge in [0, 0.05) is 70.6 Å². The van der Waals surface area contributed by atoms with E-state index in [9.17, 15) is 0 Å². The number of hydrogen-bond acceptors (Lipinski definition) is 6. The second kappa shape index (κ2) is 13.2. The topological polar surface area (TPSA) is 57.5 Å². The highest BCUT2D eigenvalue weighted by Gasteiger charge is 2.14. The predicted octanol–water partition coefficient (Wildman–Crippen LogP) is 4.02. The van der Waals surface area contributed by atoms with Crippen LogP contribution in [-0.4, -0.2) is 57.1 Å². The zero-order valence-corrected chi connectivity index (χ0v) is 19.0. The third kappa shape index (κ3) is 8.13. The molecule has 0 aliphatic heterocycles. The van der Waals surface area contributed by atoms with Gasteiger partial charge in [0.25, 0.3) is 0 Å². The molecule has 0 aliphatic carbocycles. The molecular formula is C26H32N6. The Morgan fingerprint density at radius 2 is 1.22 bits per heavy atom. The largest absolute Gasteiger partial charge is 0.292 e. The number of hydrogen-bond donors (Lipinski definition) is 0. The summed E-state index contributed by atoms with van der Waals surface area (Å²) in [6.07, 6.45) is 9.66. The van der Waals surface area contributed by atoms with Crippen LogP contribution in [0.4, 0.5) is 0 Å². The predicted molar refractivity (Wildman–Crippen MR) is 130 cm³/mol. The summed E-state index contributed by atoms with van der Waals surface area (Å²) in [4.78, 5) is 22.8. The van der Waals surface area contributed by atoms with Crippen molar-refractivity contribution < 1.29 is 0 Å². The maximum Gasteiger partial charge on any atom is 0.0544 e. The molecule has 0 N–H and O–H groups in total. The van der Waals surface area contributed by atoms with Crippen molar-refractivity contribution in [2.24, 2.45) is 4.99 Å². The molecule has 0 spiro atoms. The molecule has 166 valence electrons. The quantitative estimate of drug-likeness (QED) is 0.408. The first kappa shape index (κ1) is 23.4. The lowest BCUT2D eigenvalue weighted by molar-refractivity contribution is 0.197. The fourth-order valence-corrected chi connectivity index (χ4v) is 3.49. The fourth-order valence-electron chi connectivity index (χ4n) is 3.49. The Morgan fingerprint density at radius 3 is 1.62 bits per heavy atom. The third-order valence-electron chi connectivity index (χ3n) is 5.10. The van der Waals surface area contributed by atoms with Gasteiger partial charge in [-0.05, 0) is 49.4 Å². The van der Waals surface area contributed by atoms with Crippen LogP contribution in [0.25, 0.3) is 0 Å². The summed E-state index contributed by atoms with van der Waals surface area (Å²) in [6.45, 7) is 6.89. The van der Waals surface area contributed by atoms with E-state index >= 15 is 0 Å². The summed E-state index contributed by atoms with van der Waals surface area (Å²) in [5.74, 6) is 0. The van der Waals surface area contributed by atoms with E-state index in [0.29, 0.717) is 0 Å². The normalized spacial score (nSPS) is 12.2. The molecule has 3 heterocycles. The zero-order valence-electron chi connectivity index (χ0n) is 19.0. The van der Waals surface area contributed by atoms with Crippen molar-refractivity contribution in [1.29, 1.82) is 0 Å². The van der Waals surface area contributed by atoms with Crippen molar-refractivity contribution in [1.82, 2.24) is 24.8 Å². The van der Waals surface area contributed by atoms with Gasteiger partial charge in [-0.25, -0.2) is 0 Å². The number of nitrogens with zero attached hydrogens (tertiary/aromatic N) is 6. The molecule has 0 bridgehead atoms. The molecule has 6 nitrogen and oxygen atoms in total. The van der Waals surface area contributed by atoms with Gasteiger partial charge in [-0.3, -0.25) is 29.7 Å². The third-order valence-corrected chi connectivity index (χ3v) is 5.10. The van der Waals surface area contributed by atoms with Crippen LogP contribution in [0.5, 0.6) is 0 Å². The van der Waals surface area contributed by atoms with Crippen molar-refractivity contribution in [2.75, 3.05) is 26.7 Å². The van der Waals surface area contributed by atoms with E-state index in [4.69, 9.17) is 0 Å². The van der Waals surface area contributed by atoms with Gasteiger partial charge in [-0.2, -0.15) is 0 Å². The molecular weight excluding hydrogens is 396 g/mol. The SMILES string of the molecule is C/C=C\C(CN(CCN(Cc1ccccn1)Cc1ccccn1)Cc1ccccn1)=N/C. The Bertz CT molecular complexity index is 916. The Hall–Kier alpha value is -3.22. The zero-order chi connectivity index (χ0) is 22.4. The van der Waals surface area contributed by atoms with Gasteiger partial charge in [0.1, 0.15) is 0 Å². The van der Waals surface area contributed by atoms with Gasteiger partial charge < -0.3 is 0 Å². The Morgan fingerprint density at radius 1 is 0.750 bits per heavy atom. The molecule has 6 heteroatoms. The Balaban J connectivity index is 1.72. The minimum Gasteiger partial charge on any atom is -0.292 e. The van der Waals surface area contributed by atoms with E-state index in [-0.39, 0.29) is 0 Å². The number of aliphatic imine (C=N–C) groups is 1. The summed E-state index contributed by atoms with van der Waals surface area (Å²) >= 11 is 0. The lowest BCUT2D eigenvalue weighted by atomic mass is 10.2. The molecule has 3 aromatic rings. The van der Waals surface area contributed by atoms with E-state index in [1.165, 1.54) is 0 Å². The van der Waals surface area contributed by atoms with Crippen molar-refractivity contribution in [2.45, 2.75) is 26.6 Å². The van der Waals surface area contributed by atoms with E-state index in [1.807, 2.05) is 75.0 Å². The molecule has 0 unspecified atom stereocenters. The first-order chi connectivity index (χ1) is 15.8. The molecule has 32 heavy (non-hydrogen) atoms. The second-order valence-electron chi connectivity index (χ2n) is 7.60. The number of aromatic nitrogens is 3. The number of allylic oxidation sites excluding steroid dienone is 1. The molecule has 0 fully saturated rings. The monoisotopic (exact) mass is 428 g/mol. The first-order valence-electron chi connectivity index (χ1n) is 11.0. The average Bonchev–Trinajstić information content (AvgIpc) is 2.84. The van der Waals surface area contributed by atoms with Crippen molar-refractivity contribution in [3.05, 3.63) is 102 Å². The maximum absolute atomic E-state index is 4.53. The minimum atomic E-state index is 0.776. The standard InChI is InChI=1S/C26H32N6/c1-3-10-23(27-2)19-31(20-24-11-4-7-14-28-24)17-18-32(21-25-12-5-8-15-29-25)22-26-13-6-9-16-30-26/h3-16H,17-22H2,1-2H3/b10-3-,27-23+. The van der Waals surface area contributed by atoms with Gasteiger partial charge in [0.2, 0.25) is 0 Å². The maximum atomic E-state index is 4.53. The highest BCUT2D eigenvalue weighted by molar-refractivity contribution is 5.96. The lowest BCUT2D eigenvalue weighted by Gasteiger charge is -2.27. The lowest BCUT2D eigenvalue weighted by Crippen LogP contribution is -2.37. The smallest absolute Gasteiger partial charge is 0.0544 e. The number of pyridine rings is 3.